The highest BCUT2D eigenvalue weighted by molar-refractivity contribution is 7.47. The van der Waals surface area contributed by atoms with Gasteiger partial charge in [0.1, 0.15) is 12.7 Å². The number of esters is 2. The maximum absolute atomic E-state index is 12.6. The molecule has 4 N–H and O–H groups in total. The lowest BCUT2D eigenvalue weighted by Gasteiger charge is -2.20. The molecule has 0 aromatic rings. The Morgan fingerprint density at radius 1 is 0.667 bits per heavy atom. The van der Waals surface area contributed by atoms with Crippen LogP contribution >= 0.6 is 7.82 Å². The first-order valence-electron chi connectivity index (χ1n) is 21.4. The van der Waals surface area contributed by atoms with Crippen LogP contribution in [0.1, 0.15) is 149 Å². The smallest absolute Gasteiger partial charge is 0.462 e. The van der Waals surface area contributed by atoms with Crippen molar-refractivity contribution in [3.8, 4) is 0 Å². The van der Waals surface area contributed by atoms with Crippen LogP contribution in [0.5, 0.6) is 0 Å². The summed E-state index contributed by atoms with van der Waals surface area (Å²) in [5.41, 5.74) is 0. The van der Waals surface area contributed by atoms with Gasteiger partial charge >= 0.3 is 19.8 Å². The molecule has 11 nitrogen and oxygen atoms in total. The van der Waals surface area contributed by atoms with Gasteiger partial charge < -0.3 is 29.7 Å². The number of hydrogen-bond acceptors (Lipinski definition) is 10. The van der Waals surface area contributed by atoms with Crippen LogP contribution in [0.3, 0.4) is 0 Å². The van der Waals surface area contributed by atoms with Crippen molar-refractivity contribution in [3.05, 3.63) is 72.9 Å². The number of aliphatic hydroxyl groups is 3. The quantitative estimate of drug-likeness (QED) is 0.0154. The number of carbonyl (C=O) groups excluding carboxylic acids is 2. The third kappa shape index (κ3) is 38.6. The number of aliphatic hydroxyl groups excluding tert-OH is 3. The highest BCUT2D eigenvalue weighted by Gasteiger charge is 2.27. The Labute approximate surface area is 344 Å². The molecule has 0 aromatic heterocycles. The Hall–Kier alpha value is -2.63. The van der Waals surface area contributed by atoms with Gasteiger partial charge in [-0.3, -0.25) is 18.6 Å². The molecule has 0 aliphatic heterocycles. The van der Waals surface area contributed by atoms with Gasteiger partial charge in [0.05, 0.1) is 25.9 Å². The zero-order valence-corrected chi connectivity index (χ0v) is 36.2. The van der Waals surface area contributed by atoms with E-state index in [2.05, 4.69) is 43.5 Å². The van der Waals surface area contributed by atoms with Crippen LogP contribution < -0.4 is 0 Å². The van der Waals surface area contributed by atoms with Gasteiger partial charge in [0.25, 0.3) is 0 Å². The second-order valence-corrected chi connectivity index (χ2v) is 15.9. The minimum absolute atomic E-state index is 0.0409. The largest absolute Gasteiger partial charge is 0.472 e. The molecule has 0 rings (SSSR count). The molecule has 57 heavy (non-hydrogen) atoms. The van der Waals surface area contributed by atoms with Crippen molar-refractivity contribution < 1.29 is 52.9 Å². The molecule has 0 fully saturated rings. The Morgan fingerprint density at radius 3 is 1.86 bits per heavy atom. The fourth-order valence-corrected chi connectivity index (χ4v) is 6.10. The molecule has 0 spiro atoms. The van der Waals surface area contributed by atoms with E-state index in [9.17, 15) is 29.3 Å². The predicted molar refractivity (Wildman–Crippen MR) is 229 cm³/mol. The van der Waals surface area contributed by atoms with Crippen molar-refractivity contribution in [3.63, 3.8) is 0 Å². The number of hydrogen-bond donors (Lipinski definition) is 4. The third-order valence-corrected chi connectivity index (χ3v) is 9.96. The first kappa shape index (κ1) is 54.4. The van der Waals surface area contributed by atoms with Crippen LogP contribution in [-0.4, -0.2) is 76.9 Å². The van der Waals surface area contributed by atoms with Gasteiger partial charge in [-0.15, -0.1) is 0 Å². The fraction of sp³-hybridized carbons (Fsp3) is 0.689. The maximum atomic E-state index is 12.6. The average Bonchev–Trinajstić information content (AvgIpc) is 3.19. The Bertz CT molecular complexity index is 1210. The van der Waals surface area contributed by atoms with Crippen LogP contribution in [-0.2, 0) is 32.7 Å². The Balaban J connectivity index is 4.50. The van der Waals surface area contributed by atoms with Gasteiger partial charge in [0, 0.05) is 12.8 Å². The predicted octanol–water partition coefficient (Wildman–Crippen LogP) is 10.1. The summed E-state index contributed by atoms with van der Waals surface area (Å²) in [6.07, 6.45) is 39.3. The topological polar surface area (TPSA) is 169 Å². The van der Waals surface area contributed by atoms with Gasteiger partial charge in [0.2, 0.25) is 0 Å². The summed E-state index contributed by atoms with van der Waals surface area (Å²) in [5.74, 6) is -0.217. The average molecular weight is 825 g/mol. The molecule has 0 amide bonds. The highest BCUT2D eigenvalue weighted by Crippen LogP contribution is 2.43. The molecule has 0 saturated heterocycles. The number of phosphoric ester groups is 1. The van der Waals surface area contributed by atoms with Gasteiger partial charge in [-0.05, 0) is 50.9 Å². The van der Waals surface area contributed by atoms with E-state index in [-0.39, 0.29) is 19.4 Å². The molecule has 0 saturated carbocycles. The summed E-state index contributed by atoms with van der Waals surface area (Å²) in [6.45, 7) is 4.39. The van der Waals surface area contributed by atoms with E-state index in [1.54, 1.807) is 6.08 Å². The number of unbranched alkanes of at least 4 members (excludes halogenated alkanes) is 9. The van der Waals surface area contributed by atoms with Crippen molar-refractivity contribution in [2.45, 2.75) is 167 Å². The zero-order chi connectivity index (χ0) is 42.2. The number of phosphoric acid groups is 1. The summed E-state index contributed by atoms with van der Waals surface area (Å²) < 4.78 is 32.6. The van der Waals surface area contributed by atoms with E-state index in [1.165, 1.54) is 51.4 Å². The highest BCUT2D eigenvalue weighted by atomic mass is 31.2. The number of allylic oxidation sites excluding steroid dienone is 10. The lowest BCUT2D eigenvalue weighted by atomic mass is 9.99. The second kappa shape index (κ2) is 38.9. The summed E-state index contributed by atoms with van der Waals surface area (Å²) in [5, 5.41) is 28.2. The van der Waals surface area contributed by atoms with Crippen LogP contribution in [0.4, 0.5) is 0 Å². The molecular weight excluding hydrogens is 747 g/mol. The summed E-state index contributed by atoms with van der Waals surface area (Å²) in [6, 6.07) is 0. The molecule has 5 atom stereocenters. The monoisotopic (exact) mass is 825 g/mol. The molecule has 0 radical (unpaired) electrons. The van der Waals surface area contributed by atoms with Gasteiger partial charge in [-0.1, -0.05) is 164 Å². The summed E-state index contributed by atoms with van der Waals surface area (Å²) in [7, 11) is -4.65. The molecule has 0 aliphatic carbocycles. The Kier molecular flexibility index (Phi) is 37.1. The lowest BCUT2D eigenvalue weighted by molar-refractivity contribution is -0.161. The van der Waals surface area contributed by atoms with E-state index in [0.717, 1.165) is 44.4 Å². The molecule has 0 bridgehead atoms. The van der Waals surface area contributed by atoms with Crippen LogP contribution in [0, 0.1) is 5.92 Å². The summed E-state index contributed by atoms with van der Waals surface area (Å²) in [4.78, 5) is 34.9. The molecule has 3 unspecified atom stereocenters. The SMILES string of the molecule is CC/C=C\CC(O)/C=C/C=C/C/C=C\C/C=C\C/C=C\CCC(=O)O[C@H](COC(=O)CCCCCCCCCCCCC(C)CC)COP(=O)(O)OC[C@@H](O)CO. The zero-order valence-electron chi connectivity index (χ0n) is 35.3. The molecule has 0 aromatic carbocycles. The second-order valence-electron chi connectivity index (χ2n) is 14.4. The summed E-state index contributed by atoms with van der Waals surface area (Å²) >= 11 is 0. The fourth-order valence-electron chi connectivity index (χ4n) is 5.31. The number of ether oxygens (including phenoxy) is 2. The lowest BCUT2D eigenvalue weighted by Crippen LogP contribution is -2.29. The molecule has 12 heteroatoms. The number of rotatable bonds is 38. The van der Waals surface area contributed by atoms with Crippen molar-refractivity contribution in [1.29, 1.82) is 0 Å². The third-order valence-electron chi connectivity index (χ3n) is 9.01. The molecule has 0 aliphatic rings. The van der Waals surface area contributed by atoms with Crippen molar-refractivity contribution in [2.75, 3.05) is 26.4 Å². The maximum Gasteiger partial charge on any atom is 0.472 e. The van der Waals surface area contributed by atoms with E-state index < -0.39 is 57.9 Å². The minimum Gasteiger partial charge on any atom is -0.462 e. The van der Waals surface area contributed by atoms with Crippen LogP contribution in [0.15, 0.2) is 72.9 Å². The first-order chi connectivity index (χ1) is 27.5. The van der Waals surface area contributed by atoms with Gasteiger partial charge in [0.15, 0.2) is 6.10 Å². The van der Waals surface area contributed by atoms with E-state index >= 15 is 0 Å². The van der Waals surface area contributed by atoms with E-state index in [1.807, 2.05) is 48.6 Å². The normalized spacial score (nSPS) is 15.7. The van der Waals surface area contributed by atoms with Crippen LogP contribution in [0.25, 0.3) is 0 Å². The number of carbonyl (C=O) groups is 2. The van der Waals surface area contributed by atoms with Gasteiger partial charge in [-0.25, -0.2) is 4.57 Å². The Morgan fingerprint density at radius 2 is 1.25 bits per heavy atom. The van der Waals surface area contributed by atoms with Crippen molar-refractivity contribution in [1.82, 2.24) is 0 Å². The molecular formula is C45H77O11P. The molecule has 0 heterocycles. The van der Waals surface area contributed by atoms with Crippen molar-refractivity contribution in [2.24, 2.45) is 5.92 Å². The van der Waals surface area contributed by atoms with Crippen LogP contribution in [0.2, 0.25) is 0 Å². The van der Waals surface area contributed by atoms with Crippen molar-refractivity contribution >= 4 is 19.8 Å². The van der Waals surface area contributed by atoms with E-state index in [4.69, 9.17) is 19.1 Å². The minimum atomic E-state index is -4.65. The molecule has 328 valence electrons. The van der Waals surface area contributed by atoms with Gasteiger partial charge in [-0.2, -0.15) is 0 Å². The van der Waals surface area contributed by atoms with E-state index in [0.29, 0.717) is 25.7 Å². The standard InChI is InChI=1S/C45H77O11P/c1-4-6-26-32-41(47)33-28-23-19-15-10-8-7-9-11-17-21-25-30-35-45(50)56-43(39-55-57(51,52)54-37-42(48)36-46)38-53-44(49)34-29-24-20-16-13-12-14-18-22-27-31-40(3)5-2/h6,8-11,19,21,23,25-26,28,33,40-43,46-48H,4-5,7,12-18,20,22,24,27,29-32,34-39H2,1-3H3,(H,51,52)/b10-8-,11-9-,23-19+,25-21-,26-6-,33-28+/t40?,41?,42-,43+/m0/s1. The first-order valence-corrected chi connectivity index (χ1v) is 22.9.